The lowest BCUT2D eigenvalue weighted by molar-refractivity contribution is 0.502. The van der Waals surface area contributed by atoms with Crippen molar-refractivity contribution in [1.29, 1.82) is 0 Å². The fourth-order valence-electron chi connectivity index (χ4n) is 5.35. The Bertz CT molecular complexity index is 985. The molecule has 0 spiro atoms. The number of rotatable bonds is 0. The average molecular weight is 327 g/mol. The van der Waals surface area contributed by atoms with Crippen LogP contribution < -0.4 is 9.80 Å². The highest BCUT2D eigenvalue weighted by Gasteiger charge is 2.57. The summed E-state index contributed by atoms with van der Waals surface area (Å²) >= 11 is 0. The van der Waals surface area contributed by atoms with Gasteiger partial charge in [-0.2, -0.15) is 0 Å². The monoisotopic (exact) mass is 327 g/mol. The summed E-state index contributed by atoms with van der Waals surface area (Å²) in [6, 6.07) is 0.781. The van der Waals surface area contributed by atoms with Crippen molar-refractivity contribution in [2.24, 2.45) is 0 Å². The molecule has 2 unspecified atom stereocenters. The third-order valence-electron chi connectivity index (χ3n) is 6.13. The molecule has 0 fully saturated rings. The van der Waals surface area contributed by atoms with Gasteiger partial charge in [-0.05, 0) is 12.8 Å². The van der Waals surface area contributed by atoms with Crippen molar-refractivity contribution in [2.75, 3.05) is 9.80 Å². The van der Waals surface area contributed by atoms with Gasteiger partial charge in [-0.3, -0.25) is 4.98 Å². The number of anilines is 4. The maximum absolute atomic E-state index is 4.57. The van der Waals surface area contributed by atoms with Crippen LogP contribution in [0.2, 0.25) is 0 Å². The maximum atomic E-state index is 4.57. The highest BCUT2D eigenvalue weighted by molar-refractivity contribution is 5.87. The molecule has 0 N–H and O–H groups in total. The Balaban J connectivity index is 1.48. The van der Waals surface area contributed by atoms with E-state index in [0.29, 0.717) is 18.0 Å². The normalized spacial score (nSPS) is 26.3. The fourth-order valence-corrected chi connectivity index (χ4v) is 5.35. The van der Waals surface area contributed by atoms with Crippen LogP contribution in [0.5, 0.6) is 0 Å². The van der Waals surface area contributed by atoms with Crippen LogP contribution in [0.3, 0.4) is 0 Å². The van der Waals surface area contributed by atoms with Crippen molar-refractivity contribution in [2.45, 2.75) is 30.8 Å². The minimum atomic E-state index is 0.391. The van der Waals surface area contributed by atoms with Gasteiger partial charge in [0.15, 0.2) is 0 Å². The summed E-state index contributed by atoms with van der Waals surface area (Å²) in [6.07, 6.45) is 13.2. The van der Waals surface area contributed by atoms with E-state index in [2.05, 4.69) is 34.7 Å². The maximum Gasteiger partial charge on any atom is 0.140 e. The van der Waals surface area contributed by atoms with Gasteiger partial charge < -0.3 is 9.80 Å². The first-order chi connectivity index (χ1) is 12.4. The lowest BCUT2D eigenvalue weighted by Crippen LogP contribution is -2.37. The Labute approximate surface area is 143 Å². The molecular weight excluding hydrogens is 314 g/mol. The van der Waals surface area contributed by atoms with Gasteiger partial charge in [0.05, 0.1) is 23.8 Å². The van der Waals surface area contributed by atoms with Gasteiger partial charge >= 0.3 is 0 Å². The van der Waals surface area contributed by atoms with Gasteiger partial charge in [-0.1, -0.05) is 0 Å². The van der Waals surface area contributed by atoms with E-state index in [1.165, 1.54) is 28.1 Å². The van der Waals surface area contributed by atoms with E-state index in [-0.39, 0.29) is 0 Å². The molecule has 0 amide bonds. The zero-order chi connectivity index (χ0) is 16.1. The van der Waals surface area contributed by atoms with E-state index < -0.39 is 0 Å². The van der Waals surface area contributed by atoms with Crippen molar-refractivity contribution in [3.8, 4) is 0 Å². The molecule has 4 aliphatic rings. The molecule has 0 radical (unpaired) electrons. The molecule has 7 rings (SSSR count). The summed E-state index contributed by atoms with van der Waals surface area (Å²) in [7, 11) is 0. The number of fused-ring (bicyclic) bond motifs is 10. The first kappa shape index (κ1) is 12.3. The number of hydrogen-bond donors (Lipinski definition) is 0. The predicted molar refractivity (Wildman–Crippen MR) is 90.3 cm³/mol. The molecule has 7 nitrogen and oxygen atoms in total. The van der Waals surface area contributed by atoms with Crippen LogP contribution in [0.15, 0.2) is 37.4 Å². The largest absolute Gasteiger partial charge is 0.320 e. The second-order valence-corrected chi connectivity index (χ2v) is 7.14. The van der Waals surface area contributed by atoms with E-state index in [1.807, 2.05) is 24.8 Å². The molecular formula is C18H13N7. The molecule has 7 heterocycles. The Kier molecular flexibility index (Phi) is 1.93. The second kappa shape index (κ2) is 3.93. The summed E-state index contributed by atoms with van der Waals surface area (Å²) in [5.74, 6) is 2.54. The second-order valence-electron chi connectivity index (χ2n) is 7.14. The highest BCUT2D eigenvalue weighted by atomic mass is 15.3. The van der Waals surface area contributed by atoms with Crippen LogP contribution in [-0.2, 0) is 12.8 Å². The minimum absolute atomic E-state index is 0.391. The molecule has 0 saturated heterocycles. The van der Waals surface area contributed by atoms with Crippen LogP contribution in [0.4, 0.5) is 23.0 Å². The van der Waals surface area contributed by atoms with E-state index >= 15 is 0 Å². The van der Waals surface area contributed by atoms with Crippen LogP contribution in [0, 0.1) is 0 Å². The zero-order valence-electron chi connectivity index (χ0n) is 13.2. The third kappa shape index (κ3) is 1.26. The SMILES string of the molecule is c1ncc2c(n1)N1c3cncc4c3C(C1C2)C1Cc2cncnc2N41. The van der Waals surface area contributed by atoms with Gasteiger partial charge in [0, 0.05) is 47.1 Å². The topological polar surface area (TPSA) is 70.9 Å². The molecule has 4 aliphatic heterocycles. The molecule has 2 atom stereocenters. The Morgan fingerprint density at radius 2 is 1.28 bits per heavy atom. The number of nitrogens with zero attached hydrogens (tertiary/aromatic N) is 7. The van der Waals surface area contributed by atoms with E-state index in [0.717, 1.165) is 24.5 Å². The molecule has 7 heteroatoms. The van der Waals surface area contributed by atoms with Crippen LogP contribution in [-0.4, -0.2) is 37.0 Å². The van der Waals surface area contributed by atoms with Gasteiger partial charge in [-0.15, -0.1) is 0 Å². The molecule has 25 heavy (non-hydrogen) atoms. The van der Waals surface area contributed by atoms with Crippen LogP contribution in [0.1, 0.15) is 22.6 Å². The van der Waals surface area contributed by atoms with Crippen molar-refractivity contribution in [3.05, 3.63) is 54.1 Å². The molecule has 3 aromatic heterocycles. The average Bonchev–Trinajstić information content (AvgIpc) is 3.35. The van der Waals surface area contributed by atoms with E-state index in [1.54, 1.807) is 12.7 Å². The first-order valence-electron chi connectivity index (χ1n) is 8.56. The predicted octanol–water partition coefficient (Wildman–Crippen LogP) is 1.90. The first-order valence-corrected chi connectivity index (χ1v) is 8.56. The van der Waals surface area contributed by atoms with Gasteiger partial charge in [-0.25, -0.2) is 19.9 Å². The third-order valence-corrected chi connectivity index (χ3v) is 6.13. The fraction of sp³-hybridized carbons (Fsp3) is 0.278. The summed E-state index contributed by atoms with van der Waals surface area (Å²) in [4.78, 5) is 26.9. The summed E-state index contributed by atoms with van der Waals surface area (Å²) in [5, 5.41) is 0. The highest BCUT2D eigenvalue weighted by Crippen LogP contribution is 2.61. The van der Waals surface area contributed by atoms with E-state index in [4.69, 9.17) is 0 Å². The Morgan fingerprint density at radius 3 is 1.84 bits per heavy atom. The van der Waals surface area contributed by atoms with Crippen LogP contribution >= 0.6 is 0 Å². The van der Waals surface area contributed by atoms with Gasteiger partial charge in [0.2, 0.25) is 0 Å². The van der Waals surface area contributed by atoms with Crippen LogP contribution in [0.25, 0.3) is 0 Å². The minimum Gasteiger partial charge on any atom is -0.320 e. The lowest BCUT2D eigenvalue weighted by Gasteiger charge is -2.29. The van der Waals surface area contributed by atoms with Crippen molar-refractivity contribution < 1.29 is 0 Å². The molecule has 120 valence electrons. The number of hydrogen-bond acceptors (Lipinski definition) is 7. The number of aromatic nitrogens is 5. The summed E-state index contributed by atoms with van der Waals surface area (Å²) < 4.78 is 0. The zero-order valence-corrected chi connectivity index (χ0v) is 13.2. The summed E-state index contributed by atoms with van der Waals surface area (Å²) in [5.41, 5.74) is 6.29. The smallest absolute Gasteiger partial charge is 0.140 e. The lowest BCUT2D eigenvalue weighted by atomic mass is 9.87. The van der Waals surface area contributed by atoms with Crippen molar-refractivity contribution in [3.63, 3.8) is 0 Å². The number of pyridine rings is 1. The molecule has 0 bridgehead atoms. The van der Waals surface area contributed by atoms with Gasteiger partial charge in [0.25, 0.3) is 0 Å². The Morgan fingerprint density at radius 1 is 0.720 bits per heavy atom. The van der Waals surface area contributed by atoms with Crippen molar-refractivity contribution in [1.82, 2.24) is 24.9 Å². The standard InChI is InChI=1S/C18H13N7/c1-9-3-20-7-22-17(9)24-11(1)15-12-2-10-4-21-8-23-18(10)25(12)14-6-19-5-13(24)16(14)15/h3-8,11-12,15H,1-2H2. The summed E-state index contributed by atoms with van der Waals surface area (Å²) in [6.45, 7) is 0. The molecule has 3 aromatic rings. The van der Waals surface area contributed by atoms with Crippen molar-refractivity contribution >= 4 is 23.0 Å². The van der Waals surface area contributed by atoms with Gasteiger partial charge in [0.1, 0.15) is 24.3 Å². The quantitative estimate of drug-likeness (QED) is 0.624. The molecule has 0 saturated carbocycles. The Hall–Kier alpha value is -3.09. The molecule has 0 aromatic carbocycles. The van der Waals surface area contributed by atoms with E-state index in [9.17, 15) is 0 Å². The molecule has 0 aliphatic carbocycles.